The molecular weight excluding hydrogens is 350 g/mol. The predicted octanol–water partition coefficient (Wildman–Crippen LogP) is 3.02. The highest BCUT2D eigenvalue weighted by atomic mass is 16.2. The highest BCUT2D eigenvalue weighted by Crippen LogP contribution is 2.29. The second-order valence-electron chi connectivity index (χ2n) is 6.75. The van der Waals surface area contributed by atoms with E-state index in [9.17, 15) is 9.59 Å². The molecule has 5 heteroatoms. The van der Waals surface area contributed by atoms with E-state index in [4.69, 9.17) is 0 Å². The molecule has 0 saturated heterocycles. The van der Waals surface area contributed by atoms with Crippen molar-refractivity contribution in [1.29, 1.82) is 0 Å². The molecular formula is C23H19N3O2. The molecule has 0 spiro atoms. The van der Waals surface area contributed by atoms with Crippen LogP contribution in [0.5, 0.6) is 0 Å². The molecule has 0 aliphatic carbocycles. The maximum Gasteiger partial charge on any atom is 0.239 e. The molecule has 1 aliphatic heterocycles. The molecule has 1 aliphatic rings. The Morgan fingerprint density at radius 2 is 1.64 bits per heavy atom. The Bertz CT molecular complexity index is 1080. The zero-order valence-corrected chi connectivity index (χ0v) is 15.5. The topological polar surface area (TPSA) is 66.1 Å². The van der Waals surface area contributed by atoms with Gasteiger partial charge in [-0.1, -0.05) is 66.6 Å². The number of benzene rings is 2. The summed E-state index contributed by atoms with van der Waals surface area (Å²) in [5.74, 6) is 5.60. The van der Waals surface area contributed by atoms with E-state index in [-0.39, 0.29) is 17.4 Å². The number of hydrogen-bond donors (Lipinski definition) is 1. The maximum atomic E-state index is 12.9. The molecule has 0 saturated carbocycles. The molecule has 0 fully saturated rings. The summed E-state index contributed by atoms with van der Waals surface area (Å²) in [6.07, 6.45) is 0.954. The third kappa shape index (κ3) is 3.45. The van der Waals surface area contributed by atoms with Crippen molar-refractivity contribution >= 4 is 17.5 Å². The number of ketones is 1. The van der Waals surface area contributed by atoms with E-state index < -0.39 is 5.92 Å². The molecule has 1 aromatic heterocycles. The molecule has 0 radical (unpaired) electrons. The lowest BCUT2D eigenvalue weighted by molar-refractivity contribution is -0.121. The number of aromatic nitrogens is 2. The average Bonchev–Trinajstić information content (AvgIpc) is 3.16. The van der Waals surface area contributed by atoms with Gasteiger partial charge in [0.2, 0.25) is 5.91 Å². The van der Waals surface area contributed by atoms with Crippen LogP contribution < -0.4 is 4.90 Å². The van der Waals surface area contributed by atoms with Crippen molar-refractivity contribution in [2.75, 3.05) is 11.9 Å². The number of nitrogens with one attached hydrogen (secondary N) is 1. The Labute approximate surface area is 163 Å². The summed E-state index contributed by atoms with van der Waals surface area (Å²) in [6.45, 7) is 0. The Balaban J connectivity index is 1.57. The number of H-pyrrole nitrogens is 1. The van der Waals surface area contributed by atoms with Gasteiger partial charge in [0.25, 0.3) is 0 Å². The monoisotopic (exact) mass is 369 g/mol. The molecule has 2 aromatic carbocycles. The SMILES string of the molecule is CN1C(=O)C(Cc2ccccc2)C(=O)c2nc(C#CCc3ccccc3)[nH]c21. The lowest BCUT2D eigenvalue weighted by atomic mass is 9.90. The van der Waals surface area contributed by atoms with Gasteiger partial charge in [-0.25, -0.2) is 4.98 Å². The van der Waals surface area contributed by atoms with Crippen molar-refractivity contribution in [2.45, 2.75) is 12.8 Å². The standard InChI is InChI=1S/C23H19N3O2/c1-26-22-20(21(27)18(23(26)28)15-17-11-6-3-7-12-17)24-19(25-22)14-8-13-16-9-4-2-5-10-16/h2-7,9-12,18H,13,15H2,1H3,(H,24,25). The Morgan fingerprint density at radius 3 is 2.32 bits per heavy atom. The first-order chi connectivity index (χ1) is 13.6. The number of imidazole rings is 1. The van der Waals surface area contributed by atoms with Crippen LogP contribution in [0.25, 0.3) is 0 Å². The minimum absolute atomic E-state index is 0.228. The third-order valence-corrected chi connectivity index (χ3v) is 4.82. The van der Waals surface area contributed by atoms with E-state index in [1.807, 2.05) is 60.7 Å². The number of amides is 1. The van der Waals surface area contributed by atoms with Crippen LogP contribution in [-0.4, -0.2) is 28.7 Å². The average molecular weight is 369 g/mol. The summed E-state index contributed by atoms with van der Waals surface area (Å²) in [5.41, 5.74) is 2.34. The summed E-state index contributed by atoms with van der Waals surface area (Å²) >= 11 is 0. The normalized spacial score (nSPS) is 15.8. The van der Waals surface area contributed by atoms with E-state index >= 15 is 0 Å². The van der Waals surface area contributed by atoms with E-state index in [1.54, 1.807) is 7.05 Å². The smallest absolute Gasteiger partial charge is 0.239 e. The second kappa shape index (κ2) is 7.53. The summed E-state index contributed by atoms with van der Waals surface area (Å²) in [6, 6.07) is 19.5. The van der Waals surface area contributed by atoms with Crippen LogP contribution >= 0.6 is 0 Å². The number of aromatic amines is 1. The number of nitrogens with zero attached hydrogens (tertiary/aromatic N) is 2. The van der Waals surface area contributed by atoms with Crippen LogP contribution in [0.2, 0.25) is 0 Å². The number of hydrogen-bond acceptors (Lipinski definition) is 3. The molecule has 5 nitrogen and oxygen atoms in total. The Hall–Kier alpha value is -3.65. The predicted molar refractivity (Wildman–Crippen MR) is 107 cm³/mol. The van der Waals surface area contributed by atoms with Crippen molar-refractivity contribution in [3.05, 3.63) is 83.3 Å². The lowest BCUT2D eigenvalue weighted by Gasteiger charge is -2.27. The van der Waals surface area contributed by atoms with Crippen molar-refractivity contribution in [1.82, 2.24) is 9.97 Å². The van der Waals surface area contributed by atoms with Crippen LogP contribution in [0, 0.1) is 17.8 Å². The number of carbonyl (C=O) groups is 2. The van der Waals surface area contributed by atoms with Crippen LogP contribution in [-0.2, 0) is 17.6 Å². The first-order valence-electron chi connectivity index (χ1n) is 9.12. The molecule has 3 aromatic rings. The van der Waals surface area contributed by atoms with E-state index in [2.05, 4.69) is 21.8 Å². The molecule has 1 amide bonds. The van der Waals surface area contributed by atoms with Gasteiger partial charge in [0.15, 0.2) is 17.3 Å². The maximum absolute atomic E-state index is 12.9. The van der Waals surface area contributed by atoms with Crippen molar-refractivity contribution in [3.63, 3.8) is 0 Å². The van der Waals surface area contributed by atoms with Crippen LogP contribution in [0.15, 0.2) is 60.7 Å². The summed E-state index contributed by atoms with van der Waals surface area (Å²) in [5, 5.41) is 0. The fraction of sp³-hybridized carbons (Fsp3) is 0.174. The zero-order chi connectivity index (χ0) is 19.5. The van der Waals surface area contributed by atoms with Gasteiger partial charge in [-0.3, -0.25) is 14.5 Å². The van der Waals surface area contributed by atoms with Crippen molar-refractivity contribution in [3.8, 4) is 11.8 Å². The van der Waals surface area contributed by atoms with E-state index in [1.165, 1.54) is 4.90 Å². The first kappa shape index (κ1) is 17.7. The number of Topliss-reactive ketones (excluding diaryl/α,β-unsaturated/α-hetero) is 1. The van der Waals surface area contributed by atoms with Gasteiger partial charge in [0.05, 0.1) is 0 Å². The van der Waals surface area contributed by atoms with E-state index in [0.717, 1.165) is 11.1 Å². The summed E-state index contributed by atoms with van der Waals surface area (Å²) < 4.78 is 0. The minimum Gasteiger partial charge on any atom is -0.317 e. The van der Waals surface area contributed by atoms with Crippen LogP contribution in [0.4, 0.5) is 5.82 Å². The molecule has 2 heterocycles. The summed E-state index contributed by atoms with van der Waals surface area (Å²) in [4.78, 5) is 34.5. The molecule has 1 N–H and O–H groups in total. The number of rotatable bonds is 3. The highest BCUT2D eigenvalue weighted by molar-refractivity contribution is 6.20. The molecule has 1 unspecified atom stereocenters. The van der Waals surface area contributed by atoms with Gasteiger partial charge in [0.1, 0.15) is 11.7 Å². The molecule has 1 atom stereocenters. The fourth-order valence-corrected chi connectivity index (χ4v) is 3.31. The number of carbonyl (C=O) groups excluding carboxylic acids is 2. The second-order valence-corrected chi connectivity index (χ2v) is 6.75. The van der Waals surface area contributed by atoms with Crippen molar-refractivity contribution < 1.29 is 9.59 Å². The number of fused-ring (bicyclic) bond motifs is 1. The zero-order valence-electron chi connectivity index (χ0n) is 15.5. The molecule has 0 bridgehead atoms. The lowest BCUT2D eigenvalue weighted by Crippen LogP contribution is -2.43. The van der Waals surface area contributed by atoms with Gasteiger partial charge in [-0.05, 0) is 23.5 Å². The largest absolute Gasteiger partial charge is 0.317 e. The molecule has 4 rings (SSSR count). The highest BCUT2D eigenvalue weighted by Gasteiger charge is 2.40. The quantitative estimate of drug-likeness (QED) is 0.570. The minimum atomic E-state index is -0.756. The Kier molecular flexibility index (Phi) is 4.77. The van der Waals surface area contributed by atoms with Gasteiger partial charge >= 0.3 is 0 Å². The van der Waals surface area contributed by atoms with Gasteiger partial charge in [0, 0.05) is 13.5 Å². The number of anilines is 1. The first-order valence-corrected chi connectivity index (χ1v) is 9.12. The van der Waals surface area contributed by atoms with Crippen molar-refractivity contribution in [2.24, 2.45) is 5.92 Å². The molecule has 28 heavy (non-hydrogen) atoms. The third-order valence-electron chi connectivity index (χ3n) is 4.82. The summed E-state index contributed by atoms with van der Waals surface area (Å²) in [7, 11) is 1.66. The Morgan fingerprint density at radius 1 is 1.00 bits per heavy atom. The molecule has 138 valence electrons. The fourth-order valence-electron chi connectivity index (χ4n) is 3.31. The van der Waals surface area contributed by atoms with Gasteiger partial charge < -0.3 is 4.98 Å². The van der Waals surface area contributed by atoms with Crippen LogP contribution in [0.3, 0.4) is 0 Å². The van der Waals surface area contributed by atoms with Gasteiger partial charge in [-0.15, -0.1) is 0 Å². The van der Waals surface area contributed by atoms with E-state index in [0.29, 0.717) is 24.5 Å². The van der Waals surface area contributed by atoms with Crippen LogP contribution in [0.1, 0.15) is 27.4 Å². The van der Waals surface area contributed by atoms with Gasteiger partial charge in [-0.2, -0.15) is 0 Å².